The van der Waals surface area contributed by atoms with Crippen molar-refractivity contribution in [3.8, 4) is 0 Å². The van der Waals surface area contributed by atoms with Crippen molar-refractivity contribution >= 4 is 59.1 Å². The Morgan fingerprint density at radius 2 is 1.39 bits per heavy atom. The van der Waals surface area contributed by atoms with Gasteiger partial charge in [0.1, 0.15) is 0 Å². The third kappa shape index (κ3) is 7.53. The first-order valence-electron chi connectivity index (χ1n) is 8.98. The number of rotatable bonds is 5. The number of carbonyl (C=O) groups is 1. The number of carbonyl (C=O) groups excluding carboxylic acids is 1. The van der Waals surface area contributed by atoms with E-state index in [2.05, 4.69) is 26.0 Å². The first-order chi connectivity index (χ1) is 15.0. The average molecular weight is 473 g/mol. The molecule has 0 unspecified atom stereocenters. The fraction of sp³-hybridized carbons (Fsp3) is 0. The van der Waals surface area contributed by atoms with Gasteiger partial charge < -0.3 is 0 Å². The summed E-state index contributed by atoms with van der Waals surface area (Å²) in [5, 5.41) is 16.4. The van der Waals surface area contributed by atoms with Crippen molar-refractivity contribution in [1.29, 1.82) is 0 Å². The van der Waals surface area contributed by atoms with E-state index >= 15 is 0 Å². The van der Waals surface area contributed by atoms with Crippen molar-refractivity contribution in [3.05, 3.63) is 105 Å². The summed E-state index contributed by atoms with van der Waals surface area (Å²) >= 11 is 17.7. The Hall–Kier alpha value is -3.19. The lowest BCUT2D eigenvalue weighted by Gasteiger charge is -2.07. The number of nitrogens with zero attached hydrogens (tertiary/aromatic N) is 3. The maximum atomic E-state index is 12.5. The second-order valence-electron chi connectivity index (χ2n) is 6.13. The molecule has 1 amide bonds. The predicted octanol–water partition coefficient (Wildman–Crippen LogP) is 5.39. The van der Waals surface area contributed by atoms with Crippen LogP contribution in [0, 0.1) is 0 Å². The Balaban J connectivity index is 1.75. The molecule has 0 saturated heterocycles. The Bertz CT molecular complexity index is 1130. The van der Waals surface area contributed by atoms with Gasteiger partial charge in [-0.2, -0.15) is 10.2 Å². The van der Waals surface area contributed by atoms with Crippen molar-refractivity contribution in [1.82, 2.24) is 10.7 Å². The number of hydrogen-bond donors (Lipinski definition) is 2. The number of halogens is 3. The molecule has 0 fully saturated rings. The van der Waals surface area contributed by atoms with Gasteiger partial charge in [-0.1, -0.05) is 65.1 Å². The molecule has 3 rings (SSSR count). The van der Waals surface area contributed by atoms with Crippen molar-refractivity contribution in [2.75, 3.05) is 0 Å². The summed E-state index contributed by atoms with van der Waals surface area (Å²) < 4.78 is 0. The maximum absolute atomic E-state index is 12.5. The highest BCUT2D eigenvalue weighted by atomic mass is 35.5. The largest absolute Gasteiger partial charge is 0.290 e. The molecule has 0 aromatic heterocycles. The van der Waals surface area contributed by atoms with Gasteiger partial charge in [-0.25, -0.2) is 5.43 Å². The quantitative estimate of drug-likeness (QED) is 0.297. The second-order valence-corrected chi connectivity index (χ2v) is 7.44. The summed E-state index contributed by atoms with van der Waals surface area (Å²) in [5.74, 6) is -0.391. The molecule has 3 aromatic carbocycles. The molecule has 0 atom stereocenters. The zero-order chi connectivity index (χ0) is 22.1. The van der Waals surface area contributed by atoms with Gasteiger partial charge in [0.25, 0.3) is 5.91 Å². The van der Waals surface area contributed by atoms with Gasteiger partial charge in [0.2, 0.25) is 5.96 Å². The molecule has 3 aromatic rings. The summed E-state index contributed by atoms with van der Waals surface area (Å²) in [6, 6.07) is 20.7. The zero-order valence-electron chi connectivity index (χ0n) is 16.0. The van der Waals surface area contributed by atoms with Gasteiger partial charge in [-0.05, 0) is 53.6 Å². The third-order valence-corrected chi connectivity index (χ3v) is 4.55. The van der Waals surface area contributed by atoms with Gasteiger partial charge >= 0.3 is 0 Å². The van der Waals surface area contributed by atoms with Crippen LogP contribution in [0.1, 0.15) is 21.5 Å². The van der Waals surface area contributed by atoms with Crippen LogP contribution in [0.5, 0.6) is 0 Å². The Labute approximate surface area is 194 Å². The van der Waals surface area contributed by atoms with Crippen LogP contribution in [-0.4, -0.2) is 24.3 Å². The fourth-order valence-corrected chi connectivity index (χ4v) is 2.75. The molecular weight excluding hydrogens is 457 g/mol. The Kier molecular flexibility index (Phi) is 8.18. The van der Waals surface area contributed by atoms with Crippen LogP contribution < -0.4 is 10.7 Å². The summed E-state index contributed by atoms with van der Waals surface area (Å²) in [5.41, 5.74) is 4.64. The van der Waals surface area contributed by atoms with E-state index in [1.54, 1.807) is 79.0 Å². The third-order valence-electron chi connectivity index (χ3n) is 3.81. The molecule has 0 aliphatic heterocycles. The molecule has 0 heterocycles. The molecule has 0 spiro atoms. The summed E-state index contributed by atoms with van der Waals surface area (Å²) in [4.78, 5) is 12.5. The highest BCUT2D eigenvalue weighted by Crippen LogP contribution is 2.11. The number of guanidine groups is 1. The normalized spacial score (nSPS) is 11.8. The maximum Gasteiger partial charge on any atom is 0.258 e. The van der Waals surface area contributed by atoms with E-state index in [4.69, 9.17) is 34.8 Å². The first kappa shape index (κ1) is 22.5. The predicted molar refractivity (Wildman–Crippen MR) is 128 cm³/mol. The molecule has 0 bridgehead atoms. The van der Waals surface area contributed by atoms with E-state index in [9.17, 15) is 4.79 Å². The minimum Gasteiger partial charge on any atom is -0.290 e. The summed E-state index contributed by atoms with van der Waals surface area (Å²) in [7, 11) is 0. The van der Waals surface area contributed by atoms with Crippen LogP contribution in [0.4, 0.5) is 0 Å². The minimum absolute atomic E-state index is 0.0282. The van der Waals surface area contributed by atoms with Crippen molar-refractivity contribution in [3.63, 3.8) is 0 Å². The van der Waals surface area contributed by atoms with Gasteiger partial charge in [0, 0.05) is 20.6 Å². The topological polar surface area (TPSA) is 78.2 Å². The lowest BCUT2D eigenvalue weighted by atomic mass is 10.2. The van der Waals surface area contributed by atoms with Crippen LogP contribution in [0.3, 0.4) is 0 Å². The standard InChI is InChI=1S/C22H16Cl3N5O/c23-18-8-4-15(5-9-18)13-26-29-22(28-21(31)17-2-1-3-20(25)12-17)30-27-14-16-6-10-19(24)11-7-16/h1-14H,(H2,28,29,30,31). The van der Waals surface area contributed by atoms with E-state index < -0.39 is 5.91 Å². The Morgan fingerprint density at radius 1 is 0.774 bits per heavy atom. The van der Waals surface area contributed by atoms with E-state index in [0.717, 1.165) is 11.1 Å². The van der Waals surface area contributed by atoms with E-state index in [0.29, 0.717) is 20.6 Å². The van der Waals surface area contributed by atoms with Crippen molar-refractivity contribution in [2.24, 2.45) is 15.3 Å². The molecule has 0 aliphatic rings. The van der Waals surface area contributed by atoms with Gasteiger partial charge in [-0.3, -0.25) is 10.1 Å². The number of amides is 1. The lowest BCUT2D eigenvalue weighted by Crippen LogP contribution is -2.38. The summed E-state index contributed by atoms with van der Waals surface area (Å²) in [6.07, 6.45) is 3.08. The Morgan fingerprint density at radius 3 is 2.00 bits per heavy atom. The van der Waals surface area contributed by atoms with Crippen molar-refractivity contribution in [2.45, 2.75) is 0 Å². The van der Waals surface area contributed by atoms with Gasteiger partial charge in [-0.15, -0.1) is 5.10 Å². The molecule has 156 valence electrons. The van der Waals surface area contributed by atoms with Crippen LogP contribution in [0.15, 0.2) is 88.1 Å². The van der Waals surface area contributed by atoms with E-state index in [1.165, 1.54) is 6.21 Å². The lowest BCUT2D eigenvalue weighted by molar-refractivity contribution is 0.0975. The molecule has 31 heavy (non-hydrogen) atoms. The molecule has 0 saturated carbocycles. The average Bonchev–Trinajstić information content (AvgIpc) is 2.76. The van der Waals surface area contributed by atoms with Crippen LogP contribution in [-0.2, 0) is 0 Å². The van der Waals surface area contributed by atoms with Crippen LogP contribution in [0.2, 0.25) is 15.1 Å². The molecule has 2 N–H and O–H groups in total. The van der Waals surface area contributed by atoms with E-state index in [1.807, 2.05) is 0 Å². The van der Waals surface area contributed by atoms with Crippen molar-refractivity contribution < 1.29 is 4.79 Å². The van der Waals surface area contributed by atoms with Crippen LogP contribution >= 0.6 is 34.8 Å². The van der Waals surface area contributed by atoms with Gasteiger partial charge in [0.05, 0.1) is 12.4 Å². The van der Waals surface area contributed by atoms with Gasteiger partial charge in [0.15, 0.2) is 0 Å². The second kappa shape index (κ2) is 11.3. The number of nitrogens with one attached hydrogen (secondary N) is 2. The highest BCUT2D eigenvalue weighted by Gasteiger charge is 2.09. The number of hydrogen-bond acceptors (Lipinski definition) is 4. The fourth-order valence-electron chi connectivity index (χ4n) is 2.30. The highest BCUT2D eigenvalue weighted by molar-refractivity contribution is 6.31. The molecule has 0 aliphatic carbocycles. The first-order valence-corrected chi connectivity index (χ1v) is 10.1. The summed E-state index contributed by atoms with van der Waals surface area (Å²) in [6.45, 7) is 0. The molecule has 9 heteroatoms. The monoisotopic (exact) mass is 471 g/mol. The van der Waals surface area contributed by atoms with E-state index in [-0.39, 0.29) is 5.96 Å². The SMILES string of the molecule is O=C(NC(=NN=Cc1ccc(Cl)cc1)NN=Cc1ccc(Cl)cc1)c1cccc(Cl)c1. The minimum atomic E-state index is -0.419. The zero-order valence-corrected chi connectivity index (χ0v) is 18.2. The number of benzene rings is 3. The molecular formula is C22H16Cl3N5O. The smallest absolute Gasteiger partial charge is 0.258 e. The molecule has 0 radical (unpaired) electrons. The molecule has 6 nitrogen and oxygen atoms in total. The number of hydrazone groups is 1. The van der Waals surface area contributed by atoms with Crippen LogP contribution in [0.25, 0.3) is 0 Å².